The first-order valence-corrected chi connectivity index (χ1v) is 9.46. The molecule has 138 valence electrons. The van der Waals surface area contributed by atoms with Gasteiger partial charge >= 0.3 is 0 Å². The van der Waals surface area contributed by atoms with Crippen LogP contribution in [0.2, 0.25) is 0 Å². The lowest BCUT2D eigenvalue weighted by atomic mass is 10.2. The molecule has 0 saturated carbocycles. The van der Waals surface area contributed by atoms with Crippen molar-refractivity contribution in [1.29, 1.82) is 5.26 Å². The molecule has 0 aliphatic rings. The van der Waals surface area contributed by atoms with E-state index in [1.54, 1.807) is 24.3 Å². The molecule has 8 heteroatoms. The molecule has 0 unspecified atom stereocenters. The summed E-state index contributed by atoms with van der Waals surface area (Å²) in [7, 11) is 1.90. The second kappa shape index (κ2) is 9.51. The van der Waals surface area contributed by atoms with Crippen molar-refractivity contribution >= 4 is 57.0 Å². The molecule has 0 bridgehead atoms. The van der Waals surface area contributed by atoms with Crippen LogP contribution in [0, 0.1) is 11.3 Å². The zero-order valence-corrected chi connectivity index (χ0v) is 17.6. The van der Waals surface area contributed by atoms with E-state index in [0.717, 1.165) is 20.7 Å². The monoisotopic (exact) mass is 462 g/mol. The zero-order valence-electron chi connectivity index (χ0n) is 14.3. The Balaban J connectivity index is 0.00000261. The topological polar surface area (TPSA) is 70.2 Å². The van der Waals surface area contributed by atoms with Crippen LogP contribution in [0.5, 0.6) is 0 Å². The van der Waals surface area contributed by atoms with Crippen LogP contribution in [0.4, 0.5) is 11.4 Å². The van der Waals surface area contributed by atoms with Gasteiger partial charge in [0.15, 0.2) is 4.80 Å². The first-order valence-electron chi connectivity index (χ1n) is 7.79. The molecular weight excluding hydrogens is 448 g/mol. The molecule has 0 spiro atoms. The summed E-state index contributed by atoms with van der Waals surface area (Å²) in [6, 6.07) is 16.6. The molecule has 1 amide bonds. The lowest BCUT2D eigenvalue weighted by Gasteiger charge is -2.06. The summed E-state index contributed by atoms with van der Waals surface area (Å²) in [4.78, 5) is 17.7. The highest BCUT2D eigenvalue weighted by Gasteiger charge is 2.09. The molecule has 27 heavy (non-hydrogen) atoms. The molecule has 3 rings (SSSR count). The number of aromatic nitrogens is 1. The van der Waals surface area contributed by atoms with E-state index in [0.29, 0.717) is 11.3 Å². The van der Waals surface area contributed by atoms with E-state index < -0.39 is 0 Å². The van der Waals surface area contributed by atoms with E-state index in [1.165, 1.54) is 11.3 Å². The van der Waals surface area contributed by atoms with Gasteiger partial charge in [-0.1, -0.05) is 22.0 Å². The number of thiazole rings is 1. The van der Waals surface area contributed by atoms with Gasteiger partial charge in [0.1, 0.15) is 0 Å². The number of nitriles is 1. The number of halogens is 2. The molecule has 2 aromatic carbocycles. The van der Waals surface area contributed by atoms with Crippen molar-refractivity contribution in [2.24, 2.45) is 12.0 Å². The predicted molar refractivity (Wildman–Crippen MR) is 113 cm³/mol. The van der Waals surface area contributed by atoms with Gasteiger partial charge in [0, 0.05) is 28.3 Å². The van der Waals surface area contributed by atoms with Gasteiger partial charge in [-0.15, -0.1) is 23.7 Å². The number of rotatable bonds is 4. The number of nitrogens with one attached hydrogen (secondary N) is 1. The van der Waals surface area contributed by atoms with Crippen molar-refractivity contribution < 1.29 is 4.79 Å². The van der Waals surface area contributed by atoms with Gasteiger partial charge in [-0.05, 0) is 42.5 Å². The third-order valence-electron chi connectivity index (χ3n) is 3.69. The fourth-order valence-electron chi connectivity index (χ4n) is 2.32. The van der Waals surface area contributed by atoms with Crippen LogP contribution in [0.15, 0.2) is 63.4 Å². The van der Waals surface area contributed by atoms with Crippen LogP contribution in [0.3, 0.4) is 0 Å². The Morgan fingerprint density at radius 2 is 2.04 bits per heavy atom. The molecule has 3 aromatic rings. The highest BCUT2D eigenvalue weighted by molar-refractivity contribution is 9.10. The Morgan fingerprint density at radius 3 is 2.70 bits per heavy atom. The molecule has 0 aliphatic carbocycles. The van der Waals surface area contributed by atoms with Crippen LogP contribution in [-0.2, 0) is 18.3 Å². The normalized spacial score (nSPS) is 10.8. The standard InChI is InChI=1S/C19H15BrN4OS.ClH/c1-24-17(10-18(25)22-15-7-5-13(11-21)6-8-15)12-26-19(24)23-16-4-2-3-14(20)9-16;/h2-9,12H,10H2,1H3,(H,22,25);1H/b23-19+;. The fraction of sp³-hybridized carbons (Fsp3) is 0.105. The smallest absolute Gasteiger partial charge is 0.230 e. The lowest BCUT2D eigenvalue weighted by Crippen LogP contribution is -2.19. The van der Waals surface area contributed by atoms with Crippen molar-refractivity contribution in [3.05, 3.63) is 74.4 Å². The van der Waals surface area contributed by atoms with Crippen LogP contribution < -0.4 is 10.1 Å². The van der Waals surface area contributed by atoms with Crippen LogP contribution in [-0.4, -0.2) is 10.5 Å². The molecule has 5 nitrogen and oxygen atoms in total. The molecule has 0 saturated heterocycles. The highest BCUT2D eigenvalue weighted by Crippen LogP contribution is 2.18. The van der Waals surface area contributed by atoms with Crippen LogP contribution in [0.1, 0.15) is 11.3 Å². The van der Waals surface area contributed by atoms with Gasteiger partial charge in [-0.2, -0.15) is 5.26 Å². The number of hydrogen-bond acceptors (Lipinski definition) is 4. The minimum absolute atomic E-state index is 0. The summed E-state index contributed by atoms with van der Waals surface area (Å²) in [6.07, 6.45) is 0.251. The van der Waals surface area contributed by atoms with Gasteiger partial charge in [0.25, 0.3) is 0 Å². The summed E-state index contributed by atoms with van der Waals surface area (Å²) < 4.78 is 2.89. The first-order chi connectivity index (χ1) is 12.5. The summed E-state index contributed by atoms with van der Waals surface area (Å²) in [5, 5.41) is 13.6. The third kappa shape index (κ3) is 5.54. The number of anilines is 1. The Kier molecular flexibility index (Phi) is 7.36. The maximum absolute atomic E-state index is 12.3. The van der Waals surface area contributed by atoms with Gasteiger partial charge in [0.05, 0.1) is 23.7 Å². The molecular formula is C19H16BrClN4OS. The van der Waals surface area contributed by atoms with Crippen LogP contribution in [0.25, 0.3) is 0 Å². The van der Waals surface area contributed by atoms with Crippen LogP contribution >= 0.6 is 39.7 Å². The quantitative estimate of drug-likeness (QED) is 0.616. The number of nitrogens with zero attached hydrogens (tertiary/aromatic N) is 3. The van der Waals surface area contributed by atoms with E-state index in [-0.39, 0.29) is 24.7 Å². The van der Waals surface area contributed by atoms with Crippen molar-refractivity contribution in [1.82, 2.24) is 4.57 Å². The largest absolute Gasteiger partial charge is 0.326 e. The molecule has 0 radical (unpaired) electrons. The minimum atomic E-state index is -0.114. The predicted octanol–water partition coefficient (Wildman–Crippen LogP) is 4.56. The Hall–Kier alpha value is -2.40. The first kappa shape index (κ1) is 20.9. The maximum Gasteiger partial charge on any atom is 0.230 e. The molecule has 1 aromatic heterocycles. The number of hydrogen-bond donors (Lipinski definition) is 1. The van der Waals surface area contributed by atoms with Gasteiger partial charge in [0.2, 0.25) is 5.91 Å². The van der Waals surface area contributed by atoms with E-state index in [2.05, 4.69) is 32.3 Å². The van der Waals surface area contributed by atoms with E-state index >= 15 is 0 Å². The van der Waals surface area contributed by atoms with E-state index in [1.807, 2.05) is 41.3 Å². The number of carbonyl (C=O) groups is 1. The molecule has 0 atom stereocenters. The lowest BCUT2D eigenvalue weighted by molar-refractivity contribution is -0.115. The second-order valence-corrected chi connectivity index (χ2v) is 7.33. The maximum atomic E-state index is 12.3. The van der Waals surface area contributed by atoms with Gasteiger partial charge in [-0.3, -0.25) is 4.79 Å². The Morgan fingerprint density at radius 1 is 1.30 bits per heavy atom. The molecule has 1 N–H and O–H groups in total. The second-order valence-electron chi connectivity index (χ2n) is 5.57. The highest BCUT2D eigenvalue weighted by atomic mass is 79.9. The fourth-order valence-corrected chi connectivity index (χ4v) is 3.62. The Labute approximate surface area is 175 Å². The van der Waals surface area contributed by atoms with E-state index in [9.17, 15) is 4.79 Å². The average molecular weight is 464 g/mol. The molecule has 1 heterocycles. The van der Waals surface area contributed by atoms with Gasteiger partial charge < -0.3 is 9.88 Å². The number of carbonyl (C=O) groups excluding carboxylic acids is 1. The number of amides is 1. The third-order valence-corrected chi connectivity index (χ3v) is 5.15. The van der Waals surface area contributed by atoms with Gasteiger partial charge in [-0.25, -0.2) is 4.99 Å². The zero-order chi connectivity index (χ0) is 18.5. The summed E-state index contributed by atoms with van der Waals surface area (Å²) >= 11 is 4.93. The summed E-state index contributed by atoms with van der Waals surface area (Å²) in [5.41, 5.74) is 2.97. The van der Waals surface area contributed by atoms with Crippen molar-refractivity contribution in [2.45, 2.75) is 6.42 Å². The summed E-state index contributed by atoms with van der Waals surface area (Å²) in [6.45, 7) is 0. The van der Waals surface area contributed by atoms with Crippen molar-refractivity contribution in [3.63, 3.8) is 0 Å². The Bertz CT molecular complexity index is 1050. The SMILES string of the molecule is Cl.Cn1c(CC(=O)Nc2ccc(C#N)cc2)cs/c1=N/c1cccc(Br)c1. The molecule has 0 aliphatic heterocycles. The van der Waals surface area contributed by atoms with E-state index in [4.69, 9.17) is 5.26 Å². The van der Waals surface area contributed by atoms with Crippen molar-refractivity contribution in [2.75, 3.05) is 5.32 Å². The molecule has 0 fully saturated rings. The number of benzene rings is 2. The average Bonchev–Trinajstić information content (AvgIpc) is 2.96. The van der Waals surface area contributed by atoms with Crippen molar-refractivity contribution in [3.8, 4) is 6.07 Å². The summed E-state index contributed by atoms with van der Waals surface area (Å²) in [5.74, 6) is -0.114. The minimum Gasteiger partial charge on any atom is -0.326 e.